The molecule has 2 bridgehead atoms. The van der Waals surface area contributed by atoms with E-state index in [-0.39, 0.29) is 43.6 Å². The molecule has 0 saturated carbocycles. The normalized spacial score (nSPS) is 27.7. The van der Waals surface area contributed by atoms with Crippen molar-refractivity contribution in [1.82, 2.24) is 26.1 Å². The Kier molecular flexibility index (Phi) is 19.4. The number of hydrazine groups is 1. The lowest BCUT2D eigenvalue weighted by Crippen LogP contribution is -2.62. The van der Waals surface area contributed by atoms with E-state index in [1.54, 1.807) is 39.0 Å². The third-order valence-electron chi connectivity index (χ3n) is 10.6. The number of halogens is 2. The largest absolute Gasteiger partial charge is 0.505 e. The molecule has 1 aromatic carbocycles. The van der Waals surface area contributed by atoms with Crippen molar-refractivity contribution in [2.45, 2.75) is 110 Å². The van der Waals surface area contributed by atoms with Crippen molar-refractivity contribution in [1.29, 1.82) is 0 Å². The van der Waals surface area contributed by atoms with Gasteiger partial charge in [-0.25, -0.2) is 14.9 Å². The lowest BCUT2D eigenvalue weighted by Gasteiger charge is -2.36. The van der Waals surface area contributed by atoms with Crippen LogP contribution in [0.25, 0.3) is 0 Å². The molecule has 1 fully saturated rings. The summed E-state index contributed by atoms with van der Waals surface area (Å²) in [5, 5.41) is 39.9. The fourth-order valence-corrected chi connectivity index (χ4v) is 6.69. The van der Waals surface area contributed by atoms with Gasteiger partial charge < -0.3 is 35.5 Å². The molecule has 4 amide bonds. The lowest BCUT2D eigenvalue weighted by molar-refractivity contribution is -0.162. The Labute approximate surface area is 354 Å². The standard InChI is InChI=1S/C43H59F2N5O11/c1-24(2)38-41(57)46-32(22-28-21-30(44)37(45)34(53)23-28)42(58)50-20-12-14-31(48-50)43(59)61-35(25(3)13-11-17-36(54)49(6)60-7)16-10-8-9-15-33(52)27(5)39(55)29(40(56)47-38)19-18-26(4)51/h8-11,13,15,17,21,23-24,27,29,31-33,35,38-39,48,52-53,55H,12,14,16,18-20,22H2,1-7H3,(H,46,57)(H,47,56)/b10-8+,15-9+,17-11+,25-13+/t27-,29+,31?,32-,33-,35-,38-,39+/m0/s1. The number of hydroxylamine groups is 2. The number of nitrogens with zero attached hydrogens (tertiary/aromatic N) is 2. The zero-order valence-corrected chi connectivity index (χ0v) is 35.6. The molecule has 1 saturated heterocycles. The first-order valence-electron chi connectivity index (χ1n) is 20.2. The average Bonchev–Trinajstić information content (AvgIpc) is 3.21. The molecule has 6 N–H and O–H groups in total. The number of fused-ring (bicyclic) bond motifs is 2. The number of phenols is 1. The minimum Gasteiger partial charge on any atom is -0.505 e. The zero-order valence-electron chi connectivity index (χ0n) is 35.6. The lowest BCUT2D eigenvalue weighted by atomic mass is 9.84. The number of nitrogens with one attached hydrogen (secondary N) is 3. The Morgan fingerprint density at radius 2 is 1.79 bits per heavy atom. The number of allylic oxidation sites excluding steroid dienone is 4. The highest BCUT2D eigenvalue weighted by Gasteiger charge is 2.39. The number of amides is 4. The summed E-state index contributed by atoms with van der Waals surface area (Å²) in [5.74, 6) is -10.6. The molecule has 16 nitrogen and oxygen atoms in total. The molecule has 0 aromatic heterocycles. The fraction of sp³-hybridized carbons (Fsp3) is 0.535. The summed E-state index contributed by atoms with van der Waals surface area (Å²) in [4.78, 5) is 85.1. The molecular formula is C43H59F2N5O11. The van der Waals surface area contributed by atoms with E-state index in [1.165, 1.54) is 52.3 Å². The van der Waals surface area contributed by atoms with Crippen LogP contribution in [0.5, 0.6) is 5.75 Å². The van der Waals surface area contributed by atoms with Gasteiger partial charge in [0.2, 0.25) is 11.8 Å². The maximum atomic E-state index is 14.5. The van der Waals surface area contributed by atoms with Crippen molar-refractivity contribution in [2.24, 2.45) is 17.8 Å². The van der Waals surface area contributed by atoms with Crippen LogP contribution < -0.4 is 16.1 Å². The maximum Gasteiger partial charge on any atom is 0.325 e. The van der Waals surface area contributed by atoms with Crippen molar-refractivity contribution in [3.8, 4) is 5.75 Å². The second-order valence-corrected chi connectivity index (χ2v) is 15.7. The number of ketones is 1. The number of esters is 1. The second-order valence-electron chi connectivity index (χ2n) is 15.7. The first-order valence-corrected chi connectivity index (χ1v) is 20.2. The van der Waals surface area contributed by atoms with Gasteiger partial charge in [-0.05, 0) is 62.3 Å². The summed E-state index contributed by atoms with van der Waals surface area (Å²) in [6.07, 6.45) is 6.83. The topological polar surface area (TPSA) is 224 Å². The molecule has 61 heavy (non-hydrogen) atoms. The van der Waals surface area contributed by atoms with Crippen LogP contribution in [-0.2, 0) is 44.8 Å². The predicted molar refractivity (Wildman–Crippen MR) is 218 cm³/mol. The molecule has 18 heteroatoms. The number of Topliss-reactive ketones (excluding diaryl/α,β-unsaturated/α-hetero) is 1. The number of hydrogen-bond acceptors (Lipinski definition) is 12. The van der Waals surface area contributed by atoms with Gasteiger partial charge in [0.1, 0.15) is 30.0 Å². The van der Waals surface area contributed by atoms with E-state index >= 15 is 0 Å². The van der Waals surface area contributed by atoms with Crippen LogP contribution in [0.3, 0.4) is 0 Å². The minimum absolute atomic E-state index is 0.0635. The van der Waals surface area contributed by atoms with Crippen LogP contribution in [0.4, 0.5) is 8.78 Å². The number of rotatable bonds is 10. The van der Waals surface area contributed by atoms with Gasteiger partial charge in [0, 0.05) is 44.8 Å². The summed E-state index contributed by atoms with van der Waals surface area (Å²) in [5.41, 5.74) is 3.34. The van der Waals surface area contributed by atoms with Crippen LogP contribution in [-0.4, -0.2) is 118 Å². The van der Waals surface area contributed by atoms with Crippen LogP contribution in [0.15, 0.2) is 60.2 Å². The molecule has 2 aliphatic rings. The van der Waals surface area contributed by atoms with Crippen LogP contribution in [0, 0.1) is 29.4 Å². The highest BCUT2D eigenvalue weighted by atomic mass is 19.2. The zero-order chi connectivity index (χ0) is 45.6. The molecule has 336 valence electrons. The number of ether oxygens (including phenoxy) is 1. The molecule has 8 atom stereocenters. The number of hydrogen-bond donors (Lipinski definition) is 6. The Hall–Kier alpha value is -5.30. The minimum atomic E-state index is -1.52. The third kappa shape index (κ3) is 14.7. The third-order valence-corrected chi connectivity index (χ3v) is 10.6. The summed E-state index contributed by atoms with van der Waals surface area (Å²) in [7, 11) is 2.76. The molecular weight excluding hydrogens is 800 g/mol. The first-order chi connectivity index (χ1) is 28.7. The van der Waals surface area contributed by atoms with E-state index in [1.807, 2.05) is 0 Å². The second kappa shape index (κ2) is 23.6. The number of benzene rings is 1. The van der Waals surface area contributed by atoms with Gasteiger partial charge in [0.05, 0.1) is 25.2 Å². The van der Waals surface area contributed by atoms with E-state index in [4.69, 9.17) is 9.57 Å². The number of aliphatic hydroxyl groups is 2. The quantitative estimate of drug-likeness (QED) is 0.0865. The number of aliphatic hydroxyl groups excluding tert-OH is 2. The molecule has 3 rings (SSSR count). The average molecular weight is 860 g/mol. The summed E-state index contributed by atoms with van der Waals surface area (Å²) in [6, 6.07) is -2.23. The van der Waals surface area contributed by atoms with E-state index in [2.05, 4.69) is 16.1 Å². The highest BCUT2D eigenvalue weighted by molar-refractivity contribution is 5.93. The molecule has 0 aliphatic carbocycles. The van der Waals surface area contributed by atoms with Crippen LogP contribution in [0.2, 0.25) is 0 Å². The number of likely N-dealkylation sites (N-methyl/N-ethyl adjacent to an activating group) is 1. The Balaban J connectivity index is 2.11. The van der Waals surface area contributed by atoms with Crippen molar-refractivity contribution >= 4 is 35.4 Å². The monoisotopic (exact) mass is 859 g/mol. The van der Waals surface area contributed by atoms with E-state index in [9.17, 15) is 52.9 Å². The van der Waals surface area contributed by atoms with Gasteiger partial charge in [-0.2, -0.15) is 4.39 Å². The molecule has 1 aromatic rings. The van der Waals surface area contributed by atoms with Gasteiger partial charge in [-0.1, -0.05) is 57.2 Å². The van der Waals surface area contributed by atoms with Gasteiger partial charge in [0.15, 0.2) is 17.4 Å². The summed E-state index contributed by atoms with van der Waals surface area (Å²) >= 11 is 0. The number of phenolic OH excluding ortho intramolecular Hbond substituents is 1. The molecule has 0 spiro atoms. The van der Waals surface area contributed by atoms with Crippen molar-refractivity contribution in [2.75, 3.05) is 20.7 Å². The van der Waals surface area contributed by atoms with Gasteiger partial charge in [-0.15, -0.1) is 0 Å². The molecule has 0 radical (unpaired) electrons. The smallest absolute Gasteiger partial charge is 0.325 e. The molecule has 1 unspecified atom stereocenters. The van der Waals surface area contributed by atoms with Crippen molar-refractivity contribution < 1.29 is 62.4 Å². The fourth-order valence-electron chi connectivity index (χ4n) is 6.69. The predicted octanol–water partition coefficient (Wildman–Crippen LogP) is 2.63. The number of aromatic hydroxyl groups is 1. The van der Waals surface area contributed by atoms with Gasteiger partial charge >= 0.3 is 5.97 Å². The first kappa shape index (κ1) is 50.1. The van der Waals surface area contributed by atoms with Crippen LogP contribution in [0.1, 0.15) is 72.3 Å². The van der Waals surface area contributed by atoms with Crippen molar-refractivity contribution in [3.05, 3.63) is 77.4 Å². The summed E-state index contributed by atoms with van der Waals surface area (Å²) < 4.78 is 34.5. The van der Waals surface area contributed by atoms with Gasteiger partial charge in [0.25, 0.3) is 11.8 Å². The Bertz CT molecular complexity index is 1850. The highest BCUT2D eigenvalue weighted by Crippen LogP contribution is 2.25. The van der Waals surface area contributed by atoms with E-state index < -0.39 is 108 Å². The number of carbonyl (C=O) groups is 6. The Morgan fingerprint density at radius 1 is 1.08 bits per heavy atom. The maximum absolute atomic E-state index is 14.5. The molecule has 2 aliphatic heterocycles. The summed E-state index contributed by atoms with van der Waals surface area (Å²) in [6.45, 7) is 7.82. The SMILES string of the molecule is CON(C)C(=O)/C=C/C=C(\C)[C@@H]1C/C=C/C=C/[C@H](O)[C@H](C)[C@@H](O)[C@@H](CCC(C)=O)C(=O)N[C@@H](C(C)C)C(=O)N[C@@H](Cc2cc(O)c(F)c(F)c2)C(=O)N2CCCC(N2)C(=O)O1. The van der Waals surface area contributed by atoms with E-state index in [0.717, 1.165) is 22.2 Å². The van der Waals surface area contributed by atoms with E-state index in [0.29, 0.717) is 12.0 Å². The Morgan fingerprint density at radius 3 is 2.43 bits per heavy atom. The van der Waals surface area contributed by atoms with Crippen molar-refractivity contribution in [3.63, 3.8) is 0 Å². The van der Waals surface area contributed by atoms with Crippen LogP contribution >= 0.6 is 0 Å². The number of carbonyl (C=O) groups excluding carboxylic acids is 6. The number of cyclic esters (lactones) is 1. The molecule has 2 heterocycles. The van der Waals surface area contributed by atoms with Gasteiger partial charge in [-0.3, -0.25) is 33.8 Å².